The largest absolute Gasteiger partial charge is 0.583 e. The van der Waals surface area contributed by atoms with E-state index in [1.165, 1.54) is 44.1 Å². The zero-order chi connectivity index (χ0) is 19.5. The molecule has 0 aliphatic heterocycles. The normalized spacial score (nSPS) is 12.1. The molecule has 0 saturated carbocycles. The first kappa shape index (κ1) is 21.5. The Morgan fingerprint density at radius 3 is 2.67 bits per heavy atom. The van der Waals surface area contributed by atoms with Crippen molar-refractivity contribution in [2.75, 3.05) is 13.7 Å². The van der Waals surface area contributed by atoms with Crippen LogP contribution in [-0.4, -0.2) is 34.3 Å². The van der Waals surface area contributed by atoms with Gasteiger partial charge in [-0.05, 0) is 30.5 Å². The van der Waals surface area contributed by atoms with E-state index in [1.807, 2.05) is 24.3 Å². The van der Waals surface area contributed by atoms with Crippen molar-refractivity contribution in [1.82, 2.24) is 4.98 Å². The van der Waals surface area contributed by atoms with Crippen molar-refractivity contribution in [2.24, 2.45) is 0 Å². The number of rotatable bonds is 13. The minimum atomic E-state index is -1.08. The van der Waals surface area contributed by atoms with Gasteiger partial charge in [0, 0.05) is 37.5 Å². The van der Waals surface area contributed by atoms with Crippen molar-refractivity contribution in [1.29, 1.82) is 0 Å². The van der Waals surface area contributed by atoms with Gasteiger partial charge in [0.25, 0.3) is 5.75 Å². The average Bonchev–Trinajstić information content (AvgIpc) is 3.19. The predicted molar refractivity (Wildman–Crippen MR) is 108 cm³/mol. The molecule has 2 aromatic rings. The standard InChI is InChI=1S/C21H29NO4S/c1-3-4-5-6-7-14-26-17-11-8-16(9-12-17)10-13-19(23)20-22-18(15-27-20)21(24)25-2/h8-9,11-12,15,21,24H,3-7,10,13-14H2,1-2H3/p+1. The minimum Gasteiger partial charge on any atom is -0.583 e. The van der Waals surface area contributed by atoms with Crippen LogP contribution in [0, 0.1) is 0 Å². The van der Waals surface area contributed by atoms with Crippen molar-refractivity contribution in [3.8, 4) is 5.75 Å². The summed E-state index contributed by atoms with van der Waals surface area (Å²) in [6.07, 6.45) is 6.24. The minimum absolute atomic E-state index is 0.0182. The average molecular weight is 393 g/mol. The quantitative estimate of drug-likeness (QED) is 0.230. The number of thiazole rings is 1. The van der Waals surface area contributed by atoms with Gasteiger partial charge in [-0.25, -0.2) is 4.98 Å². The van der Waals surface area contributed by atoms with Gasteiger partial charge < -0.3 is 14.6 Å². The highest BCUT2D eigenvalue weighted by Crippen LogP contribution is 2.20. The highest BCUT2D eigenvalue weighted by molar-refractivity contribution is 7.11. The van der Waals surface area contributed by atoms with E-state index < -0.39 is 6.29 Å². The van der Waals surface area contributed by atoms with Gasteiger partial charge in [-0.3, -0.25) is 4.79 Å². The summed E-state index contributed by atoms with van der Waals surface area (Å²) in [4.78, 5) is 16.4. The maximum atomic E-state index is 12.3. The summed E-state index contributed by atoms with van der Waals surface area (Å²) in [6, 6.07) is 8.10. The third kappa shape index (κ3) is 7.40. The fourth-order valence-electron chi connectivity index (χ4n) is 2.70. The number of methoxy groups -OCH3 is 1. The SMILES string of the molecule is CCCCCCC[OH+]c1ccc(CCC(=O)c2nc(C(O)OC)cs2)cc1. The second kappa shape index (κ2) is 11.8. The summed E-state index contributed by atoms with van der Waals surface area (Å²) in [6.45, 7) is 3.10. The molecule has 1 heterocycles. The molecule has 1 atom stereocenters. The van der Waals surface area contributed by atoms with Crippen LogP contribution < -0.4 is 0 Å². The molecule has 0 radical (unpaired) electrons. The summed E-state index contributed by atoms with van der Waals surface area (Å²) in [5.74, 6) is 0.981. The maximum Gasteiger partial charge on any atom is 0.254 e. The van der Waals surface area contributed by atoms with Gasteiger partial charge in [-0.2, -0.15) is 0 Å². The van der Waals surface area contributed by atoms with Crippen LogP contribution >= 0.6 is 11.3 Å². The number of carbonyl (C=O) groups is 1. The van der Waals surface area contributed by atoms with E-state index in [-0.39, 0.29) is 5.78 Å². The number of ketones is 1. The van der Waals surface area contributed by atoms with Crippen LogP contribution in [0.15, 0.2) is 29.6 Å². The predicted octanol–water partition coefficient (Wildman–Crippen LogP) is 4.81. The Morgan fingerprint density at radius 1 is 1.22 bits per heavy atom. The van der Waals surface area contributed by atoms with Crippen LogP contribution in [0.5, 0.6) is 5.75 Å². The summed E-state index contributed by atoms with van der Waals surface area (Å²) in [7, 11) is 1.40. The van der Waals surface area contributed by atoms with Crippen molar-refractivity contribution < 1.29 is 19.4 Å². The smallest absolute Gasteiger partial charge is 0.254 e. The van der Waals surface area contributed by atoms with Crippen LogP contribution in [0.4, 0.5) is 0 Å². The molecule has 1 unspecified atom stereocenters. The number of ether oxygens (including phenoxy) is 2. The van der Waals surface area contributed by atoms with Crippen molar-refractivity contribution >= 4 is 17.1 Å². The number of benzene rings is 1. The second-order valence-electron chi connectivity index (χ2n) is 6.55. The molecular weight excluding hydrogens is 362 g/mol. The zero-order valence-corrected chi connectivity index (χ0v) is 17.0. The molecule has 1 aromatic carbocycles. The van der Waals surface area contributed by atoms with Gasteiger partial charge >= 0.3 is 0 Å². The molecule has 0 fully saturated rings. The molecule has 5 nitrogen and oxygen atoms in total. The molecule has 2 rings (SSSR count). The summed E-state index contributed by atoms with van der Waals surface area (Å²) in [5, 5.41) is 11.6. The van der Waals surface area contributed by atoms with Gasteiger partial charge in [0.15, 0.2) is 23.7 Å². The first-order chi connectivity index (χ1) is 13.1. The summed E-state index contributed by atoms with van der Waals surface area (Å²) in [5.41, 5.74) is 1.49. The molecular formula is C21H30NO4S+. The fraction of sp³-hybridized carbons (Fsp3) is 0.524. The number of aromatic nitrogens is 1. The lowest BCUT2D eigenvalue weighted by molar-refractivity contribution is -0.0795. The van der Waals surface area contributed by atoms with E-state index in [0.717, 1.165) is 24.3 Å². The number of hydrogen-bond donors (Lipinski definition) is 1. The monoisotopic (exact) mass is 392 g/mol. The van der Waals surface area contributed by atoms with Crippen LogP contribution in [0.1, 0.15) is 72.8 Å². The van der Waals surface area contributed by atoms with E-state index in [9.17, 15) is 9.90 Å². The van der Waals surface area contributed by atoms with Gasteiger partial charge in [0.05, 0.1) is 0 Å². The topological polar surface area (TPSA) is 72.2 Å². The second-order valence-corrected chi connectivity index (χ2v) is 7.41. The number of aryl methyl sites for hydroxylation is 1. The van der Waals surface area contributed by atoms with Crippen LogP contribution in [0.25, 0.3) is 0 Å². The van der Waals surface area contributed by atoms with E-state index in [4.69, 9.17) is 4.74 Å². The Morgan fingerprint density at radius 2 is 1.96 bits per heavy atom. The van der Waals surface area contributed by atoms with Gasteiger partial charge in [-0.15, -0.1) is 11.3 Å². The number of carbonyl (C=O) groups excluding carboxylic acids is 1. The van der Waals surface area contributed by atoms with Gasteiger partial charge in [0.1, 0.15) is 5.69 Å². The molecule has 0 saturated heterocycles. The number of aliphatic hydroxyl groups is 2. The molecule has 1 aromatic heterocycles. The molecule has 0 spiro atoms. The lowest BCUT2D eigenvalue weighted by Crippen LogP contribution is -2.04. The van der Waals surface area contributed by atoms with Crippen molar-refractivity contribution in [3.05, 3.63) is 45.9 Å². The number of Topliss-reactive ketones (excluding diaryl/α,β-unsaturated/α-hetero) is 1. The third-order valence-electron chi connectivity index (χ3n) is 4.37. The molecule has 0 aliphatic rings. The number of hydrogen-bond acceptors (Lipinski definition) is 5. The van der Waals surface area contributed by atoms with Gasteiger partial charge in [0.2, 0.25) is 0 Å². The number of aliphatic hydroxyl groups excluding tert-OH is 1. The van der Waals surface area contributed by atoms with E-state index in [1.54, 1.807) is 5.38 Å². The van der Waals surface area contributed by atoms with E-state index in [0.29, 0.717) is 23.5 Å². The van der Waals surface area contributed by atoms with E-state index >= 15 is 0 Å². The van der Waals surface area contributed by atoms with Gasteiger partial charge in [-0.1, -0.05) is 26.2 Å². The van der Waals surface area contributed by atoms with Crippen LogP contribution in [0.3, 0.4) is 0 Å². The Bertz CT molecular complexity index is 684. The van der Waals surface area contributed by atoms with Crippen molar-refractivity contribution in [3.63, 3.8) is 0 Å². The lowest BCUT2D eigenvalue weighted by Gasteiger charge is -2.05. The Hall–Kier alpha value is -1.76. The molecule has 6 heteroatoms. The Balaban J connectivity index is 1.73. The maximum absolute atomic E-state index is 12.3. The molecule has 2 N–H and O–H groups in total. The Kier molecular flexibility index (Phi) is 9.45. The molecule has 27 heavy (non-hydrogen) atoms. The molecule has 0 aliphatic carbocycles. The number of nitrogens with zero attached hydrogens (tertiary/aromatic N) is 1. The third-order valence-corrected chi connectivity index (χ3v) is 5.27. The fourth-order valence-corrected chi connectivity index (χ4v) is 3.50. The van der Waals surface area contributed by atoms with E-state index in [2.05, 4.69) is 16.6 Å². The number of unbranched alkanes of at least 4 members (excludes halogenated alkanes) is 4. The molecule has 0 bridgehead atoms. The number of aromatic hydroxyl groups is 1. The lowest BCUT2D eigenvalue weighted by atomic mass is 10.1. The summed E-state index contributed by atoms with van der Waals surface area (Å²) >= 11 is 1.24. The highest BCUT2D eigenvalue weighted by Gasteiger charge is 2.15. The molecule has 148 valence electrons. The molecule has 0 amide bonds. The van der Waals surface area contributed by atoms with Crippen molar-refractivity contribution in [2.45, 2.75) is 58.2 Å². The summed E-state index contributed by atoms with van der Waals surface area (Å²) < 4.78 is 9.41. The highest BCUT2D eigenvalue weighted by atomic mass is 32.1. The van der Waals surface area contributed by atoms with Crippen LogP contribution in [0.2, 0.25) is 0 Å². The zero-order valence-electron chi connectivity index (χ0n) is 16.2. The Labute approximate surface area is 165 Å². The van der Waals surface area contributed by atoms with Crippen LogP contribution in [-0.2, 0) is 11.2 Å². The first-order valence-electron chi connectivity index (χ1n) is 9.60. The first-order valence-corrected chi connectivity index (χ1v) is 10.5.